The average molecular weight is 295 g/mol. The molecule has 0 aliphatic carbocycles. The number of hydrogen-bond acceptors (Lipinski definition) is 4. The molecule has 7 heteroatoms. The molecular weight excluding hydrogens is 270 g/mol. The highest BCUT2D eigenvalue weighted by atomic mass is 16.5. The van der Waals surface area contributed by atoms with Crippen molar-refractivity contribution in [1.82, 2.24) is 20.0 Å². The molecule has 0 unspecified atom stereocenters. The van der Waals surface area contributed by atoms with Crippen molar-refractivity contribution < 1.29 is 9.53 Å². The van der Waals surface area contributed by atoms with Crippen LogP contribution in [0.3, 0.4) is 0 Å². The molecule has 0 bridgehead atoms. The number of rotatable bonds is 7. The molecule has 1 saturated heterocycles. The normalized spacial score (nSPS) is 18.9. The molecule has 1 fully saturated rings. The van der Waals surface area contributed by atoms with Crippen LogP contribution in [0.5, 0.6) is 0 Å². The van der Waals surface area contributed by atoms with E-state index in [1.807, 2.05) is 0 Å². The lowest BCUT2D eigenvalue weighted by molar-refractivity contribution is 0.183. The highest BCUT2D eigenvalue weighted by Crippen LogP contribution is 2.15. The third-order valence-electron chi connectivity index (χ3n) is 3.82. The van der Waals surface area contributed by atoms with E-state index in [9.17, 15) is 4.79 Å². The third kappa shape index (κ3) is 4.71. The van der Waals surface area contributed by atoms with Gasteiger partial charge < -0.3 is 15.4 Å². The molecule has 21 heavy (non-hydrogen) atoms. The van der Waals surface area contributed by atoms with E-state index < -0.39 is 0 Å². The topological polar surface area (TPSA) is 71.4 Å². The monoisotopic (exact) mass is 295 g/mol. The second kappa shape index (κ2) is 7.99. The Kier molecular flexibility index (Phi) is 6.01. The number of carbonyl (C=O) groups excluding carboxylic acids is 1. The minimum atomic E-state index is -0.177. The van der Waals surface area contributed by atoms with Gasteiger partial charge in [-0.15, -0.1) is 0 Å². The Bertz CT molecular complexity index is 448. The summed E-state index contributed by atoms with van der Waals surface area (Å²) in [5.74, 6) is 0. The molecule has 0 spiro atoms. The van der Waals surface area contributed by atoms with Crippen LogP contribution in [-0.4, -0.2) is 60.1 Å². The van der Waals surface area contributed by atoms with Gasteiger partial charge in [-0.2, -0.15) is 5.10 Å². The zero-order valence-electron chi connectivity index (χ0n) is 12.8. The fourth-order valence-corrected chi connectivity index (χ4v) is 2.66. The zero-order chi connectivity index (χ0) is 15.1. The number of aromatic nitrogens is 2. The lowest BCUT2D eigenvalue weighted by Crippen LogP contribution is -2.41. The number of likely N-dealkylation sites (N-methyl/N-ethyl adjacent to an activating group) is 1. The predicted octanol–water partition coefficient (Wildman–Crippen LogP) is 1.14. The molecular formula is C14H25N5O2. The van der Waals surface area contributed by atoms with Crippen molar-refractivity contribution in [2.75, 3.05) is 38.7 Å². The number of methoxy groups -OCH3 is 1. The summed E-state index contributed by atoms with van der Waals surface area (Å²) >= 11 is 0. The second-order valence-electron chi connectivity index (χ2n) is 5.24. The molecule has 0 aromatic carbocycles. The van der Waals surface area contributed by atoms with Crippen molar-refractivity contribution in [3.8, 4) is 0 Å². The molecule has 1 aromatic heterocycles. The third-order valence-corrected chi connectivity index (χ3v) is 3.82. The lowest BCUT2D eigenvalue weighted by Gasteiger charge is -2.22. The number of nitrogens with one attached hydrogen (secondary N) is 2. The fraction of sp³-hybridized carbons (Fsp3) is 0.714. The summed E-state index contributed by atoms with van der Waals surface area (Å²) in [5.41, 5.74) is 0.697. The summed E-state index contributed by atoms with van der Waals surface area (Å²) in [4.78, 5) is 14.3. The molecule has 2 rings (SSSR count). The number of nitrogens with zero attached hydrogens (tertiary/aromatic N) is 3. The smallest absolute Gasteiger partial charge is 0.319 e. The minimum Gasteiger partial charge on any atom is -0.383 e. The van der Waals surface area contributed by atoms with E-state index in [1.54, 1.807) is 24.2 Å². The van der Waals surface area contributed by atoms with Crippen molar-refractivity contribution in [2.24, 2.45) is 0 Å². The van der Waals surface area contributed by atoms with Gasteiger partial charge in [0.05, 0.1) is 25.0 Å². The summed E-state index contributed by atoms with van der Waals surface area (Å²) in [6.07, 6.45) is 5.81. The van der Waals surface area contributed by atoms with Gasteiger partial charge in [-0.1, -0.05) is 6.92 Å². The Morgan fingerprint density at radius 2 is 2.43 bits per heavy atom. The van der Waals surface area contributed by atoms with Crippen LogP contribution in [0.25, 0.3) is 0 Å². The van der Waals surface area contributed by atoms with Gasteiger partial charge in [-0.05, 0) is 25.9 Å². The number of amides is 2. The molecule has 2 amide bonds. The summed E-state index contributed by atoms with van der Waals surface area (Å²) < 4.78 is 6.73. The zero-order valence-corrected chi connectivity index (χ0v) is 12.8. The van der Waals surface area contributed by atoms with E-state index in [4.69, 9.17) is 4.74 Å². The first-order valence-corrected chi connectivity index (χ1v) is 7.53. The van der Waals surface area contributed by atoms with Crippen LogP contribution in [0, 0.1) is 0 Å². The van der Waals surface area contributed by atoms with Gasteiger partial charge in [-0.25, -0.2) is 4.79 Å². The van der Waals surface area contributed by atoms with Gasteiger partial charge >= 0.3 is 6.03 Å². The predicted molar refractivity (Wildman–Crippen MR) is 81.4 cm³/mol. The first-order chi connectivity index (χ1) is 10.2. The van der Waals surface area contributed by atoms with Crippen LogP contribution in [0.4, 0.5) is 10.5 Å². The first kappa shape index (κ1) is 15.8. The van der Waals surface area contributed by atoms with E-state index in [0.29, 0.717) is 31.4 Å². The maximum absolute atomic E-state index is 11.9. The highest BCUT2D eigenvalue weighted by molar-refractivity contribution is 5.88. The molecule has 1 aliphatic heterocycles. The van der Waals surface area contributed by atoms with E-state index in [1.165, 1.54) is 6.42 Å². The van der Waals surface area contributed by atoms with Gasteiger partial charge in [-0.3, -0.25) is 9.58 Å². The van der Waals surface area contributed by atoms with Crippen LogP contribution < -0.4 is 10.6 Å². The molecule has 2 heterocycles. The Hall–Kier alpha value is -1.60. The summed E-state index contributed by atoms with van der Waals surface area (Å²) in [7, 11) is 1.65. The maximum Gasteiger partial charge on any atom is 0.319 e. The molecule has 1 atom stereocenters. The first-order valence-electron chi connectivity index (χ1n) is 7.53. The van der Waals surface area contributed by atoms with Crippen LogP contribution in [0.2, 0.25) is 0 Å². The van der Waals surface area contributed by atoms with Crippen molar-refractivity contribution in [3.63, 3.8) is 0 Å². The van der Waals surface area contributed by atoms with Crippen LogP contribution >= 0.6 is 0 Å². The van der Waals surface area contributed by atoms with Gasteiger partial charge in [0.15, 0.2) is 0 Å². The van der Waals surface area contributed by atoms with E-state index in [0.717, 1.165) is 19.5 Å². The minimum absolute atomic E-state index is 0.177. The molecule has 7 nitrogen and oxygen atoms in total. The van der Waals surface area contributed by atoms with Crippen LogP contribution in [-0.2, 0) is 11.3 Å². The van der Waals surface area contributed by atoms with Crippen molar-refractivity contribution >= 4 is 11.7 Å². The van der Waals surface area contributed by atoms with E-state index >= 15 is 0 Å². The molecule has 1 aromatic rings. The average Bonchev–Trinajstić information content (AvgIpc) is 3.11. The van der Waals surface area contributed by atoms with Crippen molar-refractivity contribution in [1.29, 1.82) is 0 Å². The number of urea groups is 1. The molecule has 0 radical (unpaired) electrons. The molecule has 0 saturated carbocycles. The maximum atomic E-state index is 11.9. The highest BCUT2D eigenvalue weighted by Gasteiger charge is 2.23. The van der Waals surface area contributed by atoms with Crippen LogP contribution in [0.1, 0.15) is 19.8 Å². The van der Waals surface area contributed by atoms with E-state index in [-0.39, 0.29) is 6.03 Å². The van der Waals surface area contributed by atoms with Crippen molar-refractivity contribution in [3.05, 3.63) is 12.4 Å². The number of ether oxygens (including phenoxy) is 1. The van der Waals surface area contributed by atoms with Gasteiger partial charge in [0.25, 0.3) is 0 Å². The summed E-state index contributed by atoms with van der Waals surface area (Å²) in [5, 5.41) is 9.89. The number of carbonyl (C=O) groups is 1. The summed E-state index contributed by atoms with van der Waals surface area (Å²) in [6, 6.07) is 0.287. The van der Waals surface area contributed by atoms with Gasteiger partial charge in [0, 0.05) is 25.9 Å². The standard InChI is InChI=1S/C14H25N5O2/c1-3-18-6-4-5-13(18)10-15-14(20)17-12-9-16-19(11-12)7-8-21-2/h9,11,13H,3-8,10H2,1-2H3,(H2,15,17,20)/t13-/m0/s1. The Balaban J connectivity index is 1.72. The molecule has 2 N–H and O–H groups in total. The van der Waals surface area contributed by atoms with Crippen LogP contribution in [0.15, 0.2) is 12.4 Å². The Morgan fingerprint density at radius 3 is 3.19 bits per heavy atom. The quantitative estimate of drug-likeness (QED) is 0.791. The van der Waals surface area contributed by atoms with Gasteiger partial charge in [0.2, 0.25) is 0 Å². The summed E-state index contributed by atoms with van der Waals surface area (Å²) in [6.45, 7) is 6.30. The molecule has 118 valence electrons. The second-order valence-corrected chi connectivity index (χ2v) is 5.24. The largest absolute Gasteiger partial charge is 0.383 e. The number of likely N-dealkylation sites (tertiary alicyclic amines) is 1. The number of anilines is 1. The van der Waals surface area contributed by atoms with Crippen molar-refractivity contribution in [2.45, 2.75) is 32.4 Å². The Morgan fingerprint density at radius 1 is 1.57 bits per heavy atom. The van der Waals surface area contributed by atoms with Gasteiger partial charge in [0.1, 0.15) is 0 Å². The fourth-order valence-electron chi connectivity index (χ4n) is 2.66. The van der Waals surface area contributed by atoms with E-state index in [2.05, 4.69) is 27.6 Å². The Labute approximate surface area is 125 Å². The lowest BCUT2D eigenvalue weighted by atomic mass is 10.2. The number of hydrogen-bond donors (Lipinski definition) is 2. The molecule has 1 aliphatic rings. The SMILES string of the molecule is CCN1CCC[C@H]1CNC(=O)Nc1cnn(CCOC)c1.